The van der Waals surface area contributed by atoms with E-state index in [4.69, 9.17) is 23.7 Å². The van der Waals surface area contributed by atoms with Crippen LogP contribution in [0, 0.1) is 0 Å². The minimum Gasteiger partial charge on any atom is -0.447 e. The first-order chi connectivity index (χ1) is 21.4. The average molecular weight is 592 g/mol. The lowest BCUT2D eigenvalue weighted by molar-refractivity contribution is -0.315. The highest BCUT2D eigenvalue weighted by molar-refractivity contribution is 5.71. The zero-order valence-electron chi connectivity index (χ0n) is 25.0. The second-order valence-corrected chi connectivity index (χ2v) is 12.2. The highest BCUT2D eigenvalue weighted by Crippen LogP contribution is 2.47. The Morgan fingerprint density at radius 1 is 0.773 bits per heavy atom. The Bertz CT molecular complexity index is 1470. The molecule has 226 valence electrons. The molecule has 1 spiro atoms. The molecule has 0 bridgehead atoms. The molecule has 1 amide bonds. The summed E-state index contributed by atoms with van der Waals surface area (Å²) >= 11 is 0. The maximum absolute atomic E-state index is 13.1. The third kappa shape index (κ3) is 5.20. The number of hydrogen-bond donors (Lipinski definition) is 0. The number of carbonyl (C=O) groups excluding carboxylic acids is 1. The number of cyclic esters (lactones) is 1. The van der Waals surface area contributed by atoms with Gasteiger partial charge >= 0.3 is 6.09 Å². The summed E-state index contributed by atoms with van der Waals surface area (Å²) in [5.41, 5.74) is 2.39. The fourth-order valence-electron chi connectivity index (χ4n) is 6.60. The number of nitrogens with zero attached hydrogens (tertiary/aromatic N) is 1. The van der Waals surface area contributed by atoms with Crippen molar-refractivity contribution in [2.45, 2.75) is 55.6 Å². The third-order valence-electron chi connectivity index (χ3n) is 8.92. The summed E-state index contributed by atoms with van der Waals surface area (Å²) in [6.45, 7) is 4.92. The van der Waals surface area contributed by atoms with E-state index in [1.807, 2.05) is 98.8 Å². The summed E-state index contributed by atoms with van der Waals surface area (Å²) in [5.74, 6) is -0.848. The number of hydrogen-bond acceptors (Lipinski definition) is 6. The van der Waals surface area contributed by atoms with Crippen molar-refractivity contribution in [1.82, 2.24) is 4.90 Å². The summed E-state index contributed by atoms with van der Waals surface area (Å²) in [6, 6.07) is 40.8. The normalized spacial score (nSPS) is 26.0. The molecule has 4 aromatic carbocycles. The van der Waals surface area contributed by atoms with Crippen LogP contribution in [0.2, 0.25) is 0 Å². The number of epoxide rings is 1. The molecule has 4 atom stereocenters. The first-order valence-corrected chi connectivity index (χ1v) is 15.2. The lowest BCUT2D eigenvalue weighted by Gasteiger charge is -2.49. The lowest BCUT2D eigenvalue weighted by Crippen LogP contribution is -2.67. The van der Waals surface area contributed by atoms with Gasteiger partial charge in [0.05, 0.1) is 13.2 Å². The van der Waals surface area contributed by atoms with Gasteiger partial charge in [0.2, 0.25) is 0 Å². The topological polar surface area (TPSA) is 69.8 Å². The van der Waals surface area contributed by atoms with Crippen molar-refractivity contribution in [1.29, 1.82) is 0 Å². The monoisotopic (exact) mass is 591 g/mol. The van der Waals surface area contributed by atoms with Crippen LogP contribution in [0.5, 0.6) is 0 Å². The Labute approximate surface area is 258 Å². The molecule has 0 radical (unpaired) electrons. The maximum atomic E-state index is 13.1. The minimum atomic E-state index is -0.862. The van der Waals surface area contributed by atoms with Gasteiger partial charge in [-0.1, -0.05) is 121 Å². The Hall–Kier alpha value is -4.01. The maximum Gasteiger partial charge on any atom is 0.410 e. The van der Waals surface area contributed by atoms with E-state index in [0.717, 1.165) is 22.3 Å². The summed E-state index contributed by atoms with van der Waals surface area (Å²) < 4.78 is 31.9. The van der Waals surface area contributed by atoms with Gasteiger partial charge in [-0.15, -0.1) is 0 Å². The predicted octanol–water partition coefficient (Wildman–Crippen LogP) is 6.31. The molecule has 0 unspecified atom stereocenters. The Kier molecular flexibility index (Phi) is 7.50. The van der Waals surface area contributed by atoms with Crippen molar-refractivity contribution in [3.05, 3.63) is 144 Å². The molecule has 3 heterocycles. The van der Waals surface area contributed by atoms with Gasteiger partial charge in [0, 0.05) is 6.54 Å². The lowest BCUT2D eigenvalue weighted by atomic mass is 9.80. The fraction of sp³-hybridized carbons (Fsp3) is 0.324. The Balaban J connectivity index is 1.20. The van der Waals surface area contributed by atoms with Gasteiger partial charge in [-0.05, 0) is 36.1 Å². The van der Waals surface area contributed by atoms with Crippen molar-refractivity contribution in [3.63, 3.8) is 0 Å². The highest BCUT2D eigenvalue weighted by Gasteiger charge is 2.65. The first kappa shape index (κ1) is 28.7. The van der Waals surface area contributed by atoms with E-state index >= 15 is 0 Å². The summed E-state index contributed by atoms with van der Waals surface area (Å²) in [4.78, 5) is 14.9. The molecule has 3 aliphatic rings. The van der Waals surface area contributed by atoms with Crippen LogP contribution in [0.4, 0.5) is 4.79 Å². The molecule has 7 heteroatoms. The Morgan fingerprint density at radius 2 is 1.30 bits per heavy atom. The largest absolute Gasteiger partial charge is 0.447 e. The second-order valence-electron chi connectivity index (χ2n) is 12.2. The molecule has 0 saturated carbocycles. The van der Waals surface area contributed by atoms with Crippen LogP contribution in [-0.4, -0.2) is 60.5 Å². The van der Waals surface area contributed by atoms with Crippen LogP contribution >= 0.6 is 0 Å². The number of ether oxygens (including phenoxy) is 5. The molecule has 0 aliphatic carbocycles. The van der Waals surface area contributed by atoms with Gasteiger partial charge in [-0.3, -0.25) is 4.90 Å². The summed E-state index contributed by atoms with van der Waals surface area (Å²) in [6.07, 6.45) is -1.42. The molecule has 44 heavy (non-hydrogen) atoms. The summed E-state index contributed by atoms with van der Waals surface area (Å²) in [5, 5.41) is 0. The minimum absolute atomic E-state index is 0.162. The van der Waals surface area contributed by atoms with Crippen LogP contribution in [0.1, 0.15) is 36.1 Å². The van der Waals surface area contributed by atoms with Gasteiger partial charge in [-0.25, -0.2) is 4.79 Å². The summed E-state index contributed by atoms with van der Waals surface area (Å²) in [7, 11) is 0. The standard InChI is InChI=1S/C37H37NO6/c1-35(2)42-26-36(25-40-34(39)38(36)23-27-15-7-3-8-16-27)33(44-35)32-31(43-32)24-41-37(28-17-9-4-10-18-28,29-19-11-5-12-20-29)30-21-13-6-14-22-30/h3-22,31-33H,23-26H2,1-2H3/t31-,32+,33-,36-/m0/s1. The van der Waals surface area contributed by atoms with Gasteiger partial charge in [0.1, 0.15) is 36.1 Å². The molecule has 0 aromatic heterocycles. The van der Waals surface area contributed by atoms with Crippen molar-refractivity contribution in [2.24, 2.45) is 0 Å². The number of amides is 1. The third-order valence-corrected chi connectivity index (χ3v) is 8.92. The van der Waals surface area contributed by atoms with Crippen molar-refractivity contribution >= 4 is 6.09 Å². The van der Waals surface area contributed by atoms with Crippen molar-refractivity contribution in [2.75, 3.05) is 19.8 Å². The molecule has 7 nitrogen and oxygen atoms in total. The van der Waals surface area contributed by atoms with E-state index in [-0.39, 0.29) is 31.5 Å². The van der Waals surface area contributed by atoms with E-state index in [9.17, 15) is 4.79 Å². The average Bonchev–Trinajstić information content (AvgIpc) is 3.78. The number of benzene rings is 4. The van der Waals surface area contributed by atoms with E-state index in [0.29, 0.717) is 13.2 Å². The van der Waals surface area contributed by atoms with Gasteiger partial charge < -0.3 is 23.7 Å². The molecule has 3 fully saturated rings. The van der Waals surface area contributed by atoms with Crippen molar-refractivity contribution < 1.29 is 28.5 Å². The van der Waals surface area contributed by atoms with Crippen LogP contribution < -0.4 is 0 Å². The van der Waals surface area contributed by atoms with Crippen LogP contribution in [0.25, 0.3) is 0 Å². The van der Waals surface area contributed by atoms with Crippen LogP contribution in [0.3, 0.4) is 0 Å². The van der Waals surface area contributed by atoms with Gasteiger partial charge in [-0.2, -0.15) is 0 Å². The second kappa shape index (κ2) is 11.5. The van der Waals surface area contributed by atoms with Crippen molar-refractivity contribution in [3.8, 4) is 0 Å². The van der Waals surface area contributed by atoms with Crippen LogP contribution in [0.15, 0.2) is 121 Å². The molecule has 3 saturated heterocycles. The van der Waals surface area contributed by atoms with Crippen LogP contribution in [-0.2, 0) is 35.8 Å². The fourth-order valence-corrected chi connectivity index (χ4v) is 6.60. The molecular formula is C37H37NO6. The Morgan fingerprint density at radius 3 is 1.84 bits per heavy atom. The molecular weight excluding hydrogens is 554 g/mol. The van der Waals surface area contributed by atoms with Gasteiger partial charge in [0.15, 0.2) is 5.79 Å². The van der Waals surface area contributed by atoms with E-state index in [1.54, 1.807) is 4.90 Å². The SMILES string of the molecule is CC1(C)OC[C@@]2(COC(=O)N2Cc2ccccc2)[C@H]([C@@H]2O[C@H]2COC(c2ccccc2)(c2ccccc2)c2ccccc2)O1. The first-order valence-electron chi connectivity index (χ1n) is 15.2. The zero-order chi connectivity index (χ0) is 30.2. The zero-order valence-corrected chi connectivity index (χ0v) is 25.0. The van der Waals surface area contributed by atoms with Gasteiger partial charge in [0.25, 0.3) is 0 Å². The number of carbonyl (C=O) groups is 1. The van der Waals surface area contributed by atoms with E-state index < -0.39 is 23.0 Å². The highest BCUT2D eigenvalue weighted by atomic mass is 16.7. The molecule has 0 N–H and O–H groups in total. The van der Waals surface area contributed by atoms with E-state index in [1.165, 1.54) is 0 Å². The smallest absolute Gasteiger partial charge is 0.410 e. The molecule has 7 rings (SSSR count). The quantitative estimate of drug-likeness (QED) is 0.168. The number of rotatable bonds is 9. The van der Waals surface area contributed by atoms with E-state index in [2.05, 4.69) is 36.4 Å². The molecule has 4 aromatic rings. The predicted molar refractivity (Wildman–Crippen MR) is 165 cm³/mol. The molecule has 3 aliphatic heterocycles.